The minimum Gasteiger partial charge on any atom is -0.383 e. The van der Waals surface area contributed by atoms with Crippen molar-refractivity contribution in [3.05, 3.63) is 107 Å². The molecule has 1 unspecified atom stereocenters. The molecule has 3 aromatic carbocycles. The maximum absolute atomic E-state index is 13.0. The summed E-state index contributed by atoms with van der Waals surface area (Å²) in [4.78, 5) is 25.4. The molecule has 1 heterocycles. The number of alkyl halides is 3. The average Bonchev–Trinajstić information content (AvgIpc) is 2.87. The number of hydrogen-bond donors (Lipinski definition) is 3. The monoisotopic (exact) mass is 524 g/mol. The minimum absolute atomic E-state index is 0.0747. The van der Waals surface area contributed by atoms with Crippen molar-refractivity contribution in [2.45, 2.75) is 23.6 Å². The number of thioether (sulfide) groups is 1. The zero-order chi connectivity index (χ0) is 26.6. The summed E-state index contributed by atoms with van der Waals surface area (Å²) in [7, 11) is 0. The summed E-state index contributed by atoms with van der Waals surface area (Å²) in [5.41, 5.74) is 2.86. The van der Waals surface area contributed by atoms with Crippen molar-refractivity contribution in [1.82, 2.24) is 0 Å². The van der Waals surface area contributed by atoms with Crippen molar-refractivity contribution in [1.29, 1.82) is 0 Å². The largest absolute Gasteiger partial charge is 0.416 e. The van der Waals surface area contributed by atoms with E-state index in [1.165, 1.54) is 24.3 Å². The van der Waals surface area contributed by atoms with Gasteiger partial charge in [-0.3, -0.25) is 9.59 Å². The first kappa shape index (κ1) is 26.2. The van der Waals surface area contributed by atoms with Crippen molar-refractivity contribution >= 4 is 40.5 Å². The highest BCUT2D eigenvalue weighted by molar-refractivity contribution is 7.98. The number of aliphatic hydroxyl groups is 1. The zero-order valence-corrected chi connectivity index (χ0v) is 20.5. The summed E-state index contributed by atoms with van der Waals surface area (Å²) in [5, 5.41) is 15.2. The van der Waals surface area contributed by atoms with Gasteiger partial charge in [0.05, 0.1) is 5.56 Å². The van der Waals surface area contributed by atoms with Gasteiger partial charge in [0.15, 0.2) is 0 Å². The quantitative estimate of drug-likeness (QED) is 0.213. The Morgan fingerprint density at radius 1 is 1.05 bits per heavy atom. The van der Waals surface area contributed by atoms with E-state index in [0.717, 1.165) is 22.6 Å². The molecule has 3 N–H and O–H groups in total. The van der Waals surface area contributed by atoms with Crippen LogP contribution < -0.4 is 10.6 Å². The molecule has 3 aromatic rings. The van der Waals surface area contributed by atoms with Gasteiger partial charge in [-0.25, -0.2) is 0 Å². The smallest absolute Gasteiger partial charge is 0.383 e. The van der Waals surface area contributed by atoms with Crippen LogP contribution in [0.4, 0.5) is 24.5 Å². The van der Waals surface area contributed by atoms with E-state index in [1.54, 1.807) is 36.0 Å². The van der Waals surface area contributed by atoms with Crippen LogP contribution in [0.15, 0.2) is 89.9 Å². The van der Waals surface area contributed by atoms with E-state index in [9.17, 15) is 27.9 Å². The van der Waals surface area contributed by atoms with Crippen LogP contribution in [0.3, 0.4) is 0 Å². The van der Waals surface area contributed by atoms with Gasteiger partial charge < -0.3 is 15.7 Å². The molecule has 4 rings (SSSR count). The fourth-order valence-corrected chi connectivity index (χ4v) is 4.33. The van der Waals surface area contributed by atoms with E-state index in [2.05, 4.69) is 10.6 Å². The Labute approximate surface area is 216 Å². The molecule has 2 amide bonds. The zero-order valence-electron chi connectivity index (χ0n) is 19.7. The maximum atomic E-state index is 13.0. The molecule has 0 radical (unpaired) electrons. The lowest BCUT2D eigenvalue weighted by Gasteiger charge is -2.23. The number of halogens is 3. The Bertz CT molecular complexity index is 1360. The lowest BCUT2D eigenvalue weighted by atomic mass is 9.96. The number of carbonyl (C=O) groups excluding carboxylic acids is 2. The molecule has 9 heteroatoms. The van der Waals surface area contributed by atoms with Crippen LogP contribution in [0.5, 0.6) is 0 Å². The van der Waals surface area contributed by atoms with E-state index in [0.29, 0.717) is 28.1 Å². The Morgan fingerprint density at radius 3 is 2.32 bits per heavy atom. The molecule has 0 saturated heterocycles. The molecule has 37 heavy (non-hydrogen) atoms. The van der Waals surface area contributed by atoms with E-state index in [-0.39, 0.29) is 6.42 Å². The van der Waals surface area contributed by atoms with Crippen LogP contribution in [-0.4, -0.2) is 29.3 Å². The molecule has 0 aromatic heterocycles. The number of anilines is 2. The van der Waals surface area contributed by atoms with Crippen molar-refractivity contribution in [2.24, 2.45) is 0 Å². The number of hydrogen-bond acceptors (Lipinski definition) is 4. The third-order valence-electron chi connectivity index (χ3n) is 5.83. The van der Waals surface area contributed by atoms with E-state index in [1.807, 2.05) is 30.5 Å². The Balaban J connectivity index is 1.59. The van der Waals surface area contributed by atoms with Crippen molar-refractivity contribution in [2.75, 3.05) is 16.9 Å². The highest BCUT2D eigenvalue weighted by Gasteiger charge is 2.30. The summed E-state index contributed by atoms with van der Waals surface area (Å²) >= 11 is 1.57. The summed E-state index contributed by atoms with van der Waals surface area (Å²) < 4.78 is 39.1. The highest BCUT2D eigenvalue weighted by atomic mass is 32.2. The molecule has 5 nitrogen and oxygen atoms in total. The van der Waals surface area contributed by atoms with Crippen LogP contribution >= 0.6 is 11.8 Å². The number of fused-ring (bicyclic) bond motifs is 1. The SMILES string of the molecule is CSc1ccc(C(=CC=CC(=O)Nc2cccc3c2CC(O)C(=O)N3)c2ccc(C(F)(F)F)cc2)cc1. The van der Waals surface area contributed by atoms with Gasteiger partial charge in [0.25, 0.3) is 5.91 Å². The normalized spacial score (nSPS) is 15.9. The predicted molar refractivity (Wildman–Crippen MR) is 139 cm³/mol. The number of amides is 2. The van der Waals surface area contributed by atoms with Gasteiger partial charge in [-0.15, -0.1) is 11.8 Å². The molecule has 1 aliphatic rings. The fourth-order valence-electron chi connectivity index (χ4n) is 3.92. The van der Waals surface area contributed by atoms with Crippen LogP contribution in [0, 0.1) is 0 Å². The van der Waals surface area contributed by atoms with E-state index in [4.69, 9.17) is 0 Å². The first-order valence-electron chi connectivity index (χ1n) is 11.3. The standard InChI is InChI=1S/C28H23F3N2O3S/c1-37-20-14-10-18(11-15-20)21(17-8-12-19(13-9-17)28(29,30)31)4-2-7-26(35)32-23-5-3-6-24-22(23)16-25(34)27(36)33-24/h2-15,25,34H,16H2,1H3,(H,32,35)(H,33,36). The molecule has 190 valence electrons. The van der Waals surface area contributed by atoms with Crippen LogP contribution in [-0.2, 0) is 22.2 Å². The fraction of sp³-hybridized carbons (Fsp3) is 0.143. The number of nitrogens with one attached hydrogen (secondary N) is 2. The highest BCUT2D eigenvalue weighted by Crippen LogP contribution is 2.32. The Morgan fingerprint density at radius 2 is 1.70 bits per heavy atom. The third kappa shape index (κ3) is 6.31. The summed E-state index contributed by atoms with van der Waals surface area (Å²) in [5.74, 6) is -0.942. The number of aliphatic hydroxyl groups excluding tert-OH is 1. The summed E-state index contributed by atoms with van der Waals surface area (Å²) in [6.45, 7) is 0. The molecular formula is C28H23F3N2O3S. The van der Waals surface area contributed by atoms with Crippen molar-refractivity contribution in [3.8, 4) is 0 Å². The number of benzene rings is 3. The topological polar surface area (TPSA) is 78.4 Å². The molecule has 0 aliphatic carbocycles. The summed E-state index contributed by atoms with van der Waals surface area (Å²) in [6.07, 6.45) is 0.880. The minimum atomic E-state index is -4.43. The van der Waals surface area contributed by atoms with Gasteiger partial charge in [-0.2, -0.15) is 13.2 Å². The molecule has 1 aliphatic heterocycles. The summed E-state index contributed by atoms with van der Waals surface area (Å²) in [6, 6.07) is 17.5. The maximum Gasteiger partial charge on any atom is 0.416 e. The Kier molecular flexibility index (Phi) is 7.85. The molecule has 0 bridgehead atoms. The van der Waals surface area contributed by atoms with Gasteiger partial charge in [-0.05, 0) is 59.4 Å². The molecular weight excluding hydrogens is 501 g/mol. The predicted octanol–water partition coefficient (Wildman–Crippen LogP) is 5.91. The Hall–Kier alpha value is -3.82. The van der Waals surface area contributed by atoms with Gasteiger partial charge in [0, 0.05) is 34.3 Å². The van der Waals surface area contributed by atoms with Crippen LogP contribution in [0.25, 0.3) is 5.57 Å². The van der Waals surface area contributed by atoms with E-state index >= 15 is 0 Å². The number of carbonyl (C=O) groups is 2. The van der Waals surface area contributed by atoms with Gasteiger partial charge >= 0.3 is 6.18 Å². The second-order valence-corrected chi connectivity index (χ2v) is 9.15. The number of allylic oxidation sites excluding steroid dienone is 2. The van der Waals surface area contributed by atoms with Gasteiger partial charge in [-0.1, -0.05) is 42.5 Å². The van der Waals surface area contributed by atoms with E-state index < -0.39 is 29.7 Å². The lowest BCUT2D eigenvalue weighted by molar-refractivity contribution is -0.137. The van der Waals surface area contributed by atoms with Crippen molar-refractivity contribution in [3.63, 3.8) is 0 Å². The molecule has 0 fully saturated rings. The second-order valence-electron chi connectivity index (χ2n) is 8.27. The van der Waals surface area contributed by atoms with Crippen molar-refractivity contribution < 1.29 is 27.9 Å². The van der Waals surface area contributed by atoms with Gasteiger partial charge in [0.1, 0.15) is 6.10 Å². The van der Waals surface area contributed by atoms with Crippen LogP contribution in [0.2, 0.25) is 0 Å². The van der Waals surface area contributed by atoms with Gasteiger partial charge in [0.2, 0.25) is 5.91 Å². The lowest BCUT2D eigenvalue weighted by Crippen LogP contribution is -2.34. The first-order valence-corrected chi connectivity index (χ1v) is 12.5. The first-order chi connectivity index (χ1) is 17.7. The third-order valence-corrected chi connectivity index (χ3v) is 6.57. The number of rotatable bonds is 6. The molecule has 0 spiro atoms. The molecule has 0 saturated carbocycles. The average molecular weight is 525 g/mol. The second kappa shape index (κ2) is 11.1. The molecule has 1 atom stereocenters. The van der Waals surface area contributed by atoms with Crippen LogP contribution in [0.1, 0.15) is 22.3 Å².